The first-order chi connectivity index (χ1) is 10.1. The molecule has 0 saturated heterocycles. The summed E-state index contributed by atoms with van der Waals surface area (Å²) in [5, 5.41) is 22.4. The van der Waals surface area contributed by atoms with Gasteiger partial charge in [0.15, 0.2) is 11.5 Å². The Balaban J connectivity index is 2.22. The van der Waals surface area contributed by atoms with E-state index in [0.717, 1.165) is 25.7 Å². The van der Waals surface area contributed by atoms with Crippen LogP contribution in [0, 0.1) is 10.1 Å². The van der Waals surface area contributed by atoms with Crippen LogP contribution in [0.2, 0.25) is 0 Å². The minimum atomic E-state index is -0.629. The van der Waals surface area contributed by atoms with Crippen LogP contribution in [-0.2, 0) is 0 Å². The van der Waals surface area contributed by atoms with Crippen LogP contribution in [0.5, 0.6) is 5.88 Å². The largest absolute Gasteiger partial charge is 0.474 e. The van der Waals surface area contributed by atoms with Crippen molar-refractivity contribution in [1.82, 2.24) is 4.98 Å². The Morgan fingerprint density at radius 2 is 2.05 bits per heavy atom. The lowest BCUT2D eigenvalue weighted by Crippen LogP contribution is -2.20. The minimum Gasteiger partial charge on any atom is -0.474 e. The number of hydrogen-bond donors (Lipinski definition) is 2. The van der Waals surface area contributed by atoms with Crippen molar-refractivity contribution in [3.05, 3.63) is 27.9 Å². The molecule has 3 N–H and O–H groups in total. The molecule has 1 fully saturated rings. The zero-order chi connectivity index (χ0) is 15.2. The quantitative estimate of drug-likeness (QED) is 0.219. The van der Waals surface area contributed by atoms with E-state index in [1.807, 2.05) is 0 Å². The Morgan fingerprint density at radius 1 is 1.38 bits per heavy atom. The molecule has 0 spiro atoms. The molecule has 0 radical (unpaired) electrons. The highest BCUT2D eigenvalue weighted by molar-refractivity contribution is 5.98. The first-order valence-corrected chi connectivity index (χ1v) is 6.92. The molecule has 1 aliphatic carbocycles. The molecule has 0 aliphatic heterocycles. The number of pyridine rings is 1. The van der Waals surface area contributed by atoms with Gasteiger partial charge in [-0.15, -0.1) is 0 Å². The second-order valence-electron chi connectivity index (χ2n) is 4.99. The molecule has 1 heterocycles. The molecule has 0 atom stereocenters. The van der Waals surface area contributed by atoms with Crippen molar-refractivity contribution < 1.29 is 14.9 Å². The number of nitrogens with zero attached hydrogens (tertiary/aromatic N) is 3. The Kier molecular flexibility index (Phi) is 4.91. The molecule has 114 valence electrons. The van der Waals surface area contributed by atoms with Crippen molar-refractivity contribution >= 4 is 11.5 Å². The number of hydrogen-bond acceptors (Lipinski definition) is 6. The van der Waals surface area contributed by atoms with E-state index in [4.69, 9.17) is 15.7 Å². The number of nitrogens with two attached hydrogens (primary N) is 1. The fourth-order valence-corrected chi connectivity index (χ4v) is 2.41. The molecule has 0 unspecified atom stereocenters. The third-order valence-electron chi connectivity index (χ3n) is 3.49. The van der Waals surface area contributed by atoms with Crippen molar-refractivity contribution in [3.8, 4) is 5.88 Å². The van der Waals surface area contributed by atoms with Gasteiger partial charge in [0.25, 0.3) is 5.69 Å². The van der Waals surface area contributed by atoms with Crippen LogP contribution in [-0.4, -0.2) is 27.1 Å². The summed E-state index contributed by atoms with van der Waals surface area (Å²) >= 11 is 0. The Morgan fingerprint density at radius 3 is 2.62 bits per heavy atom. The van der Waals surface area contributed by atoms with Gasteiger partial charge in [0.1, 0.15) is 6.10 Å². The average Bonchev–Trinajstić information content (AvgIpc) is 2.74. The SMILES string of the molecule is N/C(=N/O)c1nc(OC2CCCCCC2)ccc1[N+](=O)[O-]. The molecule has 1 saturated carbocycles. The smallest absolute Gasteiger partial charge is 0.299 e. The molecule has 0 aromatic carbocycles. The van der Waals surface area contributed by atoms with Gasteiger partial charge in [-0.05, 0) is 25.7 Å². The monoisotopic (exact) mass is 294 g/mol. The van der Waals surface area contributed by atoms with E-state index in [1.54, 1.807) is 0 Å². The molecule has 1 aliphatic rings. The zero-order valence-electron chi connectivity index (χ0n) is 11.6. The number of oxime groups is 1. The van der Waals surface area contributed by atoms with Gasteiger partial charge in [-0.3, -0.25) is 10.1 Å². The summed E-state index contributed by atoms with van der Waals surface area (Å²) < 4.78 is 5.78. The molecule has 2 rings (SSSR count). The van der Waals surface area contributed by atoms with Gasteiger partial charge in [0, 0.05) is 12.1 Å². The summed E-state index contributed by atoms with van der Waals surface area (Å²) in [5.74, 6) is -0.151. The van der Waals surface area contributed by atoms with E-state index in [1.165, 1.54) is 25.0 Å². The summed E-state index contributed by atoms with van der Waals surface area (Å²) in [6.45, 7) is 0. The average molecular weight is 294 g/mol. The van der Waals surface area contributed by atoms with Crippen LogP contribution in [0.3, 0.4) is 0 Å². The van der Waals surface area contributed by atoms with Crippen LogP contribution < -0.4 is 10.5 Å². The van der Waals surface area contributed by atoms with E-state index >= 15 is 0 Å². The number of ether oxygens (including phenoxy) is 1. The maximum absolute atomic E-state index is 10.9. The van der Waals surface area contributed by atoms with E-state index in [0.29, 0.717) is 0 Å². The zero-order valence-corrected chi connectivity index (χ0v) is 11.6. The van der Waals surface area contributed by atoms with Gasteiger partial charge in [0.05, 0.1) is 4.92 Å². The Hall–Kier alpha value is -2.38. The van der Waals surface area contributed by atoms with Crippen LogP contribution in [0.4, 0.5) is 5.69 Å². The predicted octanol–water partition coefficient (Wildman–Crippen LogP) is 2.19. The van der Waals surface area contributed by atoms with E-state index < -0.39 is 10.8 Å². The predicted molar refractivity (Wildman–Crippen MR) is 75.5 cm³/mol. The lowest BCUT2D eigenvalue weighted by molar-refractivity contribution is -0.385. The van der Waals surface area contributed by atoms with E-state index in [2.05, 4.69) is 10.1 Å². The standard InChI is InChI=1S/C13H18N4O4/c14-13(16-18)12-10(17(19)20)7-8-11(15-12)21-9-5-3-1-2-4-6-9/h7-9,18H,1-6H2,(H2,14,16). The van der Waals surface area contributed by atoms with Crippen molar-refractivity contribution in [1.29, 1.82) is 0 Å². The number of nitro groups is 1. The highest BCUT2D eigenvalue weighted by Crippen LogP contribution is 2.24. The fraction of sp³-hybridized carbons (Fsp3) is 0.538. The van der Waals surface area contributed by atoms with Crippen LogP contribution >= 0.6 is 0 Å². The van der Waals surface area contributed by atoms with Gasteiger partial charge >= 0.3 is 0 Å². The number of rotatable bonds is 4. The summed E-state index contributed by atoms with van der Waals surface area (Å²) in [6, 6.07) is 2.70. The van der Waals surface area contributed by atoms with Crippen molar-refractivity contribution in [3.63, 3.8) is 0 Å². The van der Waals surface area contributed by atoms with Gasteiger partial charge in [-0.1, -0.05) is 18.0 Å². The maximum atomic E-state index is 10.9. The fourth-order valence-electron chi connectivity index (χ4n) is 2.41. The third kappa shape index (κ3) is 3.80. The number of aromatic nitrogens is 1. The third-order valence-corrected chi connectivity index (χ3v) is 3.49. The highest BCUT2D eigenvalue weighted by atomic mass is 16.6. The Labute approximate surface area is 121 Å². The van der Waals surface area contributed by atoms with Crippen LogP contribution in [0.1, 0.15) is 44.2 Å². The first-order valence-electron chi connectivity index (χ1n) is 6.92. The normalized spacial score (nSPS) is 17.2. The van der Waals surface area contributed by atoms with E-state index in [-0.39, 0.29) is 23.4 Å². The minimum absolute atomic E-state index is 0.0570. The molecule has 21 heavy (non-hydrogen) atoms. The van der Waals surface area contributed by atoms with Crippen molar-refractivity contribution in [2.45, 2.75) is 44.6 Å². The Bertz CT molecular complexity index is 539. The lowest BCUT2D eigenvalue weighted by atomic mass is 10.1. The van der Waals surface area contributed by atoms with Crippen molar-refractivity contribution in [2.24, 2.45) is 10.9 Å². The molecule has 1 aromatic rings. The molecule has 1 aromatic heterocycles. The second-order valence-corrected chi connectivity index (χ2v) is 4.99. The summed E-state index contributed by atoms with van der Waals surface area (Å²) in [4.78, 5) is 14.3. The van der Waals surface area contributed by atoms with Gasteiger partial charge in [0.2, 0.25) is 5.88 Å². The first kappa shape index (κ1) is 15.0. The highest BCUT2D eigenvalue weighted by Gasteiger charge is 2.21. The summed E-state index contributed by atoms with van der Waals surface area (Å²) in [7, 11) is 0. The lowest BCUT2D eigenvalue weighted by Gasteiger charge is -2.16. The molecule has 8 heteroatoms. The van der Waals surface area contributed by atoms with Crippen LogP contribution in [0.15, 0.2) is 17.3 Å². The van der Waals surface area contributed by atoms with Gasteiger partial charge < -0.3 is 15.7 Å². The summed E-state index contributed by atoms with van der Waals surface area (Å²) in [6.07, 6.45) is 6.54. The molecule has 8 nitrogen and oxygen atoms in total. The number of amidine groups is 1. The maximum Gasteiger partial charge on any atom is 0.299 e. The molecular formula is C13H18N4O4. The second kappa shape index (κ2) is 6.87. The molecular weight excluding hydrogens is 276 g/mol. The molecule has 0 amide bonds. The summed E-state index contributed by atoms with van der Waals surface area (Å²) in [5.41, 5.74) is 4.93. The molecule has 0 bridgehead atoms. The van der Waals surface area contributed by atoms with E-state index in [9.17, 15) is 10.1 Å². The topological polar surface area (TPSA) is 124 Å². The van der Waals surface area contributed by atoms with Crippen LogP contribution in [0.25, 0.3) is 0 Å². The van der Waals surface area contributed by atoms with Gasteiger partial charge in [-0.2, -0.15) is 0 Å². The van der Waals surface area contributed by atoms with Crippen molar-refractivity contribution in [2.75, 3.05) is 0 Å². The van der Waals surface area contributed by atoms with Gasteiger partial charge in [-0.25, -0.2) is 4.98 Å².